The van der Waals surface area contributed by atoms with Crippen LogP contribution in [-0.4, -0.2) is 18.4 Å². The van der Waals surface area contributed by atoms with Crippen molar-refractivity contribution in [2.45, 2.75) is 6.92 Å². The van der Waals surface area contributed by atoms with Gasteiger partial charge < -0.3 is 15.4 Å². The number of benzene rings is 3. The minimum atomic E-state index is -0.302. The van der Waals surface area contributed by atoms with E-state index in [1.165, 1.54) is 0 Å². The van der Waals surface area contributed by atoms with Crippen LogP contribution < -0.4 is 15.4 Å². The van der Waals surface area contributed by atoms with Crippen LogP contribution in [0, 0.1) is 6.92 Å². The van der Waals surface area contributed by atoms with Gasteiger partial charge in [0.2, 0.25) is 0 Å². The highest BCUT2D eigenvalue weighted by atomic mass is 35.5. The van der Waals surface area contributed by atoms with Gasteiger partial charge >= 0.3 is 0 Å². The van der Waals surface area contributed by atoms with E-state index in [1.54, 1.807) is 48.5 Å². The minimum absolute atomic E-state index is 0.152. The van der Waals surface area contributed by atoms with Gasteiger partial charge in [-0.05, 0) is 61.0 Å². The average Bonchev–Trinajstić information content (AvgIpc) is 2.68. The van der Waals surface area contributed by atoms with Crippen molar-refractivity contribution in [1.29, 1.82) is 0 Å². The zero-order chi connectivity index (χ0) is 19.9. The largest absolute Gasteiger partial charge is 0.484 e. The van der Waals surface area contributed by atoms with E-state index in [0.717, 1.165) is 11.3 Å². The van der Waals surface area contributed by atoms with Crippen molar-refractivity contribution in [2.24, 2.45) is 0 Å². The Morgan fingerprint density at radius 1 is 0.929 bits per heavy atom. The second-order valence-electron chi connectivity index (χ2n) is 6.14. The van der Waals surface area contributed by atoms with Crippen LogP contribution in [0.15, 0.2) is 72.8 Å². The van der Waals surface area contributed by atoms with Gasteiger partial charge in [-0.2, -0.15) is 0 Å². The minimum Gasteiger partial charge on any atom is -0.484 e. The maximum Gasteiger partial charge on any atom is 0.262 e. The number of nitrogens with one attached hydrogen (secondary N) is 2. The van der Waals surface area contributed by atoms with Gasteiger partial charge in [-0.1, -0.05) is 35.9 Å². The summed E-state index contributed by atoms with van der Waals surface area (Å²) in [6.07, 6.45) is 0. The molecule has 2 N–H and O–H groups in total. The molecule has 0 bridgehead atoms. The lowest BCUT2D eigenvalue weighted by Gasteiger charge is -2.10. The molecule has 3 aromatic rings. The second-order valence-corrected chi connectivity index (χ2v) is 6.58. The molecule has 0 saturated carbocycles. The molecule has 0 radical (unpaired) electrons. The Kier molecular flexibility index (Phi) is 6.29. The number of rotatable bonds is 6. The Morgan fingerprint density at radius 3 is 2.39 bits per heavy atom. The van der Waals surface area contributed by atoms with E-state index >= 15 is 0 Å². The molecular weight excluding hydrogens is 376 g/mol. The molecule has 0 spiro atoms. The zero-order valence-corrected chi connectivity index (χ0v) is 16.0. The van der Waals surface area contributed by atoms with Crippen molar-refractivity contribution in [1.82, 2.24) is 0 Å². The normalized spacial score (nSPS) is 10.2. The summed E-state index contributed by atoms with van der Waals surface area (Å²) in [6, 6.07) is 21.0. The zero-order valence-electron chi connectivity index (χ0n) is 15.2. The fourth-order valence-electron chi connectivity index (χ4n) is 2.52. The van der Waals surface area contributed by atoms with E-state index in [-0.39, 0.29) is 18.4 Å². The Bertz CT molecular complexity index is 987. The quantitative estimate of drug-likeness (QED) is 0.623. The lowest BCUT2D eigenvalue weighted by atomic mass is 10.1. The molecule has 0 aliphatic heterocycles. The first-order chi connectivity index (χ1) is 13.5. The maximum atomic E-state index is 12.3. The molecule has 28 heavy (non-hydrogen) atoms. The summed E-state index contributed by atoms with van der Waals surface area (Å²) in [5, 5.41) is 6.12. The number of aryl methyl sites for hydroxylation is 1. The highest BCUT2D eigenvalue weighted by molar-refractivity contribution is 6.30. The molecule has 0 saturated heterocycles. The van der Waals surface area contributed by atoms with Crippen molar-refractivity contribution < 1.29 is 14.3 Å². The van der Waals surface area contributed by atoms with Gasteiger partial charge in [0, 0.05) is 22.0 Å². The summed E-state index contributed by atoms with van der Waals surface area (Å²) >= 11 is 5.89. The highest BCUT2D eigenvalue weighted by Gasteiger charge is 2.09. The number of anilines is 2. The highest BCUT2D eigenvalue weighted by Crippen LogP contribution is 2.17. The van der Waals surface area contributed by atoms with Crippen LogP contribution in [0.1, 0.15) is 15.9 Å². The van der Waals surface area contributed by atoms with Gasteiger partial charge in [-0.25, -0.2) is 0 Å². The first-order valence-corrected chi connectivity index (χ1v) is 9.04. The third-order valence-corrected chi connectivity index (χ3v) is 4.22. The standard InChI is InChI=1S/C22H19ClN2O3/c1-15-5-2-3-8-20(15)25-22(27)16-9-11-19(12-10-16)28-14-21(26)24-18-7-4-6-17(23)13-18/h2-13H,14H2,1H3,(H,24,26)(H,25,27). The van der Waals surface area contributed by atoms with Gasteiger partial charge in [0.1, 0.15) is 5.75 Å². The number of para-hydroxylation sites is 1. The lowest BCUT2D eigenvalue weighted by Crippen LogP contribution is -2.20. The first-order valence-electron chi connectivity index (χ1n) is 8.66. The Balaban J connectivity index is 1.53. The van der Waals surface area contributed by atoms with Crippen molar-refractivity contribution >= 4 is 34.8 Å². The topological polar surface area (TPSA) is 67.4 Å². The Morgan fingerprint density at radius 2 is 1.68 bits per heavy atom. The fourth-order valence-corrected chi connectivity index (χ4v) is 2.71. The molecule has 0 aliphatic rings. The van der Waals surface area contributed by atoms with Crippen molar-refractivity contribution in [3.8, 4) is 5.75 Å². The van der Waals surface area contributed by atoms with Gasteiger partial charge in [0.15, 0.2) is 6.61 Å². The summed E-state index contributed by atoms with van der Waals surface area (Å²) < 4.78 is 5.47. The van der Waals surface area contributed by atoms with E-state index in [1.807, 2.05) is 31.2 Å². The van der Waals surface area contributed by atoms with E-state index in [0.29, 0.717) is 22.0 Å². The van der Waals surface area contributed by atoms with Crippen molar-refractivity contribution in [3.05, 3.63) is 88.9 Å². The Labute approximate surface area is 168 Å². The molecule has 0 unspecified atom stereocenters. The van der Waals surface area contributed by atoms with Crippen LogP contribution in [0.4, 0.5) is 11.4 Å². The molecule has 6 heteroatoms. The summed E-state index contributed by atoms with van der Waals surface area (Å²) in [4.78, 5) is 24.3. The van der Waals surface area contributed by atoms with E-state index < -0.39 is 0 Å². The second kappa shape index (κ2) is 9.06. The van der Waals surface area contributed by atoms with Crippen LogP contribution in [0.2, 0.25) is 5.02 Å². The summed E-state index contributed by atoms with van der Waals surface area (Å²) in [5.74, 6) is -0.0168. The van der Waals surface area contributed by atoms with Crippen LogP contribution in [0.25, 0.3) is 0 Å². The predicted octanol–water partition coefficient (Wildman–Crippen LogP) is 4.92. The summed E-state index contributed by atoms with van der Waals surface area (Å²) in [5.41, 5.74) is 2.86. The molecule has 0 heterocycles. The molecule has 0 aromatic heterocycles. The molecule has 2 amide bonds. The van der Waals surface area contributed by atoms with E-state index in [9.17, 15) is 9.59 Å². The number of hydrogen-bond acceptors (Lipinski definition) is 3. The van der Waals surface area contributed by atoms with Gasteiger partial charge in [0.25, 0.3) is 11.8 Å². The lowest BCUT2D eigenvalue weighted by molar-refractivity contribution is -0.118. The number of carbonyl (C=O) groups excluding carboxylic acids is 2. The molecule has 3 aromatic carbocycles. The molecule has 142 valence electrons. The molecule has 0 fully saturated rings. The predicted molar refractivity (Wildman–Crippen MR) is 111 cm³/mol. The smallest absolute Gasteiger partial charge is 0.262 e. The van der Waals surface area contributed by atoms with Crippen LogP contribution in [0.5, 0.6) is 5.75 Å². The van der Waals surface area contributed by atoms with Crippen LogP contribution >= 0.6 is 11.6 Å². The third-order valence-electron chi connectivity index (χ3n) is 3.99. The maximum absolute atomic E-state index is 12.3. The number of hydrogen-bond donors (Lipinski definition) is 2. The van der Waals surface area contributed by atoms with Crippen molar-refractivity contribution in [3.63, 3.8) is 0 Å². The number of halogens is 1. The van der Waals surface area contributed by atoms with Gasteiger partial charge in [-0.15, -0.1) is 0 Å². The SMILES string of the molecule is Cc1ccccc1NC(=O)c1ccc(OCC(=O)Nc2cccc(Cl)c2)cc1. The van der Waals surface area contributed by atoms with Crippen molar-refractivity contribution in [2.75, 3.05) is 17.2 Å². The van der Waals surface area contributed by atoms with E-state index in [2.05, 4.69) is 10.6 Å². The van der Waals surface area contributed by atoms with Crippen LogP contribution in [-0.2, 0) is 4.79 Å². The third kappa shape index (κ3) is 5.34. The molecule has 0 aliphatic carbocycles. The molecule has 0 atom stereocenters. The Hall–Kier alpha value is -3.31. The monoisotopic (exact) mass is 394 g/mol. The van der Waals surface area contributed by atoms with E-state index in [4.69, 9.17) is 16.3 Å². The van der Waals surface area contributed by atoms with Crippen LogP contribution in [0.3, 0.4) is 0 Å². The molecule has 5 nitrogen and oxygen atoms in total. The number of amides is 2. The summed E-state index contributed by atoms with van der Waals surface area (Å²) in [6.45, 7) is 1.78. The average molecular weight is 395 g/mol. The summed E-state index contributed by atoms with van der Waals surface area (Å²) in [7, 11) is 0. The number of carbonyl (C=O) groups is 2. The molecule has 3 rings (SSSR count). The fraction of sp³-hybridized carbons (Fsp3) is 0.0909. The van der Waals surface area contributed by atoms with Gasteiger partial charge in [-0.3, -0.25) is 9.59 Å². The molecular formula is C22H19ClN2O3. The van der Waals surface area contributed by atoms with Gasteiger partial charge in [0.05, 0.1) is 0 Å². The number of ether oxygens (including phenoxy) is 1. The first kappa shape index (κ1) is 19.5.